The summed E-state index contributed by atoms with van der Waals surface area (Å²) in [5, 5.41) is 2.31. The quantitative estimate of drug-likeness (QED) is 0.585. The number of hydrogen-bond acceptors (Lipinski definition) is 4. The predicted octanol–water partition coefficient (Wildman–Crippen LogP) is -0.868. The van der Waals surface area contributed by atoms with Crippen LogP contribution in [-0.2, 0) is 20.9 Å². The Labute approximate surface area is 105 Å². The van der Waals surface area contributed by atoms with Crippen LogP contribution in [0.1, 0.15) is 5.56 Å². The molecule has 98 valence electrons. The Morgan fingerprint density at radius 1 is 1.28 bits per heavy atom. The van der Waals surface area contributed by atoms with E-state index in [4.69, 9.17) is 16.2 Å². The van der Waals surface area contributed by atoms with Crippen molar-refractivity contribution in [2.75, 3.05) is 13.2 Å². The molecule has 0 aliphatic rings. The number of carbonyl (C=O) groups is 2. The third kappa shape index (κ3) is 5.42. The first kappa shape index (κ1) is 14.1. The SMILES string of the molecule is NC(=O)CNC(=O)[C@@H](N)COCc1ccccc1. The number of primary amides is 1. The maximum Gasteiger partial charge on any atom is 0.239 e. The number of rotatable bonds is 7. The predicted molar refractivity (Wildman–Crippen MR) is 66.3 cm³/mol. The number of amides is 2. The van der Waals surface area contributed by atoms with Gasteiger partial charge in [-0.2, -0.15) is 0 Å². The zero-order chi connectivity index (χ0) is 13.4. The van der Waals surface area contributed by atoms with Gasteiger partial charge in [0.1, 0.15) is 6.04 Å². The van der Waals surface area contributed by atoms with Crippen molar-refractivity contribution in [3.05, 3.63) is 35.9 Å². The van der Waals surface area contributed by atoms with Crippen molar-refractivity contribution in [3.63, 3.8) is 0 Å². The Hall–Kier alpha value is -1.92. The Morgan fingerprint density at radius 3 is 2.56 bits per heavy atom. The zero-order valence-electron chi connectivity index (χ0n) is 9.96. The molecular formula is C12H17N3O3. The van der Waals surface area contributed by atoms with Gasteiger partial charge in [-0.15, -0.1) is 0 Å². The first-order valence-corrected chi connectivity index (χ1v) is 5.53. The normalized spacial score (nSPS) is 11.8. The smallest absolute Gasteiger partial charge is 0.239 e. The summed E-state index contributed by atoms with van der Waals surface area (Å²) in [5.41, 5.74) is 11.5. The van der Waals surface area contributed by atoms with E-state index in [0.29, 0.717) is 6.61 Å². The van der Waals surface area contributed by atoms with E-state index in [1.807, 2.05) is 30.3 Å². The van der Waals surface area contributed by atoms with Crippen LogP contribution in [0.15, 0.2) is 30.3 Å². The third-order valence-corrected chi connectivity index (χ3v) is 2.18. The second kappa shape index (κ2) is 7.41. The Morgan fingerprint density at radius 2 is 1.94 bits per heavy atom. The van der Waals surface area contributed by atoms with E-state index in [1.54, 1.807) is 0 Å². The minimum atomic E-state index is -0.812. The summed E-state index contributed by atoms with van der Waals surface area (Å²) in [7, 11) is 0. The fourth-order valence-corrected chi connectivity index (χ4v) is 1.26. The second-order valence-electron chi connectivity index (χ2n) is 3.79. The molecule has 18 heavy (non-hydrogen) atoms. The lowest BCUT2D eigenvalue weighted by molar-refractivity contribution is -0.126. The van der Waals surface area contributed by atoms with E-state index in [1.165, 1.54) is 0 Å². The van der Waals surface area contributed by atoms with E-state index in [-0.39, 0.29) is 13.2 Å². The largest absolute Gasteiger partial charge is 0.375 e. The topological polar surface area (TPSA) is 107 Å². The average Bonchev–Trinajstić information content (AvgIpc) is 2.37. The molecule has 5 N–H and O–H groups in total. The van der Waals surface area contributed by atoms with E-state index >= 15 is 0 Å². The fraction of sp³-hybridized carbons (Fsp3) is 0.333. The van der Waals surface area contributed by atoms with Crippen molar-refractivity contribution in [3.8, 4) is 0 Å². The Balaban J connectivity index is 2.22. The van der Waals surface area contributed by atoms with Crippen molar-refractivity contribution in [2.24, 2.45) is 11.5 Å². The highest BCUT2D eigenvalue weighted by Crippen LogP contribution is 2.00. The average molecular weight is 251 g/mol. The summed E-state index contributed by atoms with van der Waals surface area (Å²) in [4.78, 5) is 21.8. The highest BCUT2D eigenvalue weighted by molar-refractivity contribution is 5.86. The molecule has 6 nitrogen and oxygen atoms in total. The monoisotopic (exact) mass is 251 g/mol. The molecule has 1 aromatic carbocycles. The summed E-state index contributed by atoms with van der Waals surface area (Å²) in [6.45, 7) is 0.252. The highest BCUT2D eigenvalue weighted by Gasteiger charge is 2.13. The molecule has 0 saturated heterocycles. The minimum absolute atomic E-state index is 0.0828. The molecule has 0 fully saturated rings. The van der Waals surface area contributed by atoms with Gasteiger partial charge in [-0.3, -0.25) is 9.59 Å². The third-order valence-electron chi connectivity index (χ3n) is 2.18. The lowest BCUT2D eigenvalue weighted by Crippen LogP contribution is -2.46. The molecule has 0 heterocycles. The van der Waals surface area contributed by atoms with Gasteiger partial charge in [-0.05, 0) is 5.56 Å². The molecular weight excluding hydrogens is 234 g/mol. The number of ether oxygens (including phenoxy) is 1. The van der Waals surface area contributed by atoms with Crippen LogP contribution in [0.5, 0.6) is 0 Å². The Bertz CT molecular complexity index is 395. The summed E-state index contributed by atoms with van der Waals surface area (Å²) >= 11 is 0. The van der Waals surface area contributed by atoms with Crippen LogP contribution in [0.3, 0.4) is 0 Å². The molecule has 0 aliphatic carbocycles. The van der Waals surface area contributed by atoms with Crippen LogP contribution in [0.4, 0.5) is 0 Å². The van der Waals surface area contributed by atoms with Gasteiger partial charge in [0.2, 0.25) is 11.8 Å². The fourth-order valence-electron chi connectivity index (χ4n) is 1.26. The van der Waals surface area contributed by atoms with E-state index in [0.717, 1.165) is 5.56 Å². The maximum absolute atomic E-state index is 11.4. The molecule has 0 aliphatic heterocycles. The molecule has 6 heteroatoms. The molecule has 1 rings (SSSR count). The summed E-state index contributed by atoms with van der Waals surface area (Å²) in [6.07, 6.45) is 0. The van der Waals surface area contributed by atoms with Crippen LogP contribution < -0.4 is 16.8 Å². The standard InChI is InChI=1S/C12H17N3O3/c13-10(12(17)15-6-11(14)16)8-18-7-9-4-2-1-3-5-9/h1-5,10H,6-8,13H2,(H2,14,16)(H,15,17)/t10-/m0/s1. The van der Waals surface area contributed by atoms with Crippen molar-refractivity contribution >= 4 is 11.8 Å². The molecule has 2 amide bonds. The first-order valence-electron chi connectivity index (χ1n) is 5.53. The van der Waals surface area contributed by atoms with Gasteiger partial charge in [-0.1, -0.05) is 30.3 Å². The number of carbonyl (C=O) groups excluding carboxylic acids is 2. The molecule has 0 unspecified atom stereocenters. The number of benzene rings is 1. The van der Waals surface area contributed by atoms with Gasteiger partial charge in [0.25, 0.3) is 0 Å². The lowest BCUT2D eigenvalue weighted by Gasteiger charge is -2.11. The minimum Gasteiger partial charge on any atom is -0.375 e. The van der Waals surface area contributed by atoms with E-state index < -0.39 is 17.9 Å². The van der Waals surface area contributed by atoms with Crippen LogP contribution in [0.2, 0.25) is 0 Å². The molecule has 1 atom stereocenters. The zero-order valence-corrected chi connectivity index (χ0v) is 9.96. The van der Waals surface area contributed by atoms with Gasteiger partial charge in [-0.25, -0.2) is 0 Å². The van der Waals surface area contributed by atoms with E-state index in [9.17, 15) is 9.59 Å². The molecule has 0 bridgehead atoms. The van der Waals surface area contributed by atoms with Crippen molar-refractivity contribution in [1.29, 1.82) is 0 Å². The first-order chi connectivity index (χ1) is 8.59. The summed E-state index contributed by atoms with van der Waals surface area (Å²) < 4.78 is 5.31. The van der Waals surface area contributed by atoms with Crippen LogP contribution >= 0.6 is 0 Å². The van der Waals surface area contributed by atoms with Crippen LogP contribution in [0.25, 0.3) is 0 Å². The van der Waals surface area contributed by atoms with Crippen LogP contribution in [-0.4, -0.2) is 31.0 Å². The molecule has 1 aromatic rings. The van der Waals surface area contributed by atoms with Crippen LogP contribution in [0, 0.1) is 0 Å². The molecule has 0 spiro atoms. The molecule has 0 saturated carbocycles. The van der Waals surface area contributed by atoms with Gasteiger partial charge >= 0.3 is 0 Å². The maximum atomic E-state index is 11.4. The van der Waals surface area contributed by atoms with Gasteiger partial charge in [0.15, 0.2) is 0 Å². The highest BCUT2D eigenvalue weighted by atomic mass is 16.5. The van der Waals surface area contributed by atoms with E-state index in [2.05, 4.69) is 5.32 Å². The van der Waals surface area contributed by atoms with Crippen molar-refractivity contribution in [1.82, 2.24) is 5.32 Å². The van der Waals surface area contributed by atoms with Crippen molar-refractivity contribution in [2.45, 2.75) is 12.6 Å². The molecule has 0 radical (unpaired) electrons. The number of hydrogen-bond donors (Lipinski definition) is 3. The lowest BCUT2D eigenvalue weighted by atomic mass is 10.2. The van der Waals surface area contributed by atoms with Gasteiger partial charge < -0.3 is 21.5 Å². The summed E-state index contributed by atoms with van der Waals surface area (Å²) in [6, 6.07) is 8.73. The number of nitrogens with one attached hydrogen (secondary N) is 1. The number of nitrogens with two attached hydrogens (primary N) is 2. The Kier molecular flexibility index (Phi) is 5.83. The summed E-state index contributed by atoms with van der Waals surface area (Å²) in [5.74, 6) is -1.07. The van der Waals surface area contributed by atoms with Gasteiger partial charge in [0.05, 0.1) is 19.8 Å². The van der Waals surface area contributed by atoms with Gasteiger partial charge in [0, 0.05) is 0 Å². The second-order valence-corrected chi connectivity index (χ2v) is 3.79. The molecule has 0 aromatic heterocycles. The van der Waals surface area contributed by atoms with Crippen molar-refractivity contribution < 1.29 is 14.3 Å².